The molecule has 0 saturated carbocycles. The van der Waals surface area contributed by atoms with Crippen LogP contribution in [0.4, 0.5) is 5.69 Å². The minimum absolute atomic E-state index is 0.130. The van der Waals surface area contributed by atoms with Crippen molar-refractivity contribution in [3.8, 4) is 0 Å². The number of hydrogen-bond donors (Lipinski definition) is 2. The summed E-state index contributed by atoms with van der Waals surface area (Å²) in [6.45, 7) is 1.74. The van der Waals surface area contributed by atoms with Gasteiger partial charge < -0.3 is 5.73 Å². The van der Waals surface area contributed by atoms with Crippen molar-refractivity contribution in [2.45, 2.75) is 11.8 Å². The topological polar surface area (TPSA) is 72.2 Å². The maximum atomic E-state index is 12.5. The van der Waals surface area contributed by atoms with Gasteiger partial charge in [-0.2, -0.15) is 0 Å². The van der Waals surface area contributed by atoms with E-state index in [1.54, 1.807) is 49.4 Å². The van der Waals surface area contributed by atoms with Crippen molar-refractivity contribution < 1.29 is 8.42 Å². The molecule has 2 rings (SSSR count). The van der Waals surface area contributed by atoms with E-state index in [1.165, 1.54) is 0 Å². The molecule has 3 N–H and O–H groups in total. The van der Waals surface area contributed by atoms with Crippen molar-refractivity contribution in [2.75, 3.05) is 4.72 Å². The molecule has 2 aromatic rings. The predicted molar refractivity (Wildman–Crippen MR) is 92.0 cm³/mol. The number of rotatable bonds is 4. The number of nitrogens with one attached hydrogen (secondary N) is 1. The van der Waals surface area contributed by atoms with Crippen molar-refractivity contribution in [3.05, 3.63) is 58.1 Å². The summed E-state index contributed by atoms with van der Waals surface area (Å²) >= 11 is 8.26. The third kappa shape index (κ3) is 3.61. The largest absolute Gasteiger partial charge is 0.389 e. The van der Waals surface area contributed by atoms with E-state index in [4.69, 9.17) is 18.0 Å². The number of thiocarbonyl (C=S) groups is 1. The maximum Gasteiger partial charge on any atom is 0.262 e. The second kappa shape index (κ2) is 6.13. The van der Waals surface area contributed by atoms with Crippen molar-refractivity contribution in [1.82, 2.24) is 0 Å². The Morgan fingerprint density at radius 1 is 1.24 bits per heavy atom. The zero-order valence-electron chi connectivity index (χ0n) is 11.1. The number of anilines is 1. The Kier molecular flexibility index (Phi) is 4.65. The summed E-state index contributed by atoms with van der Waals surface area (Å²) in [5, 5.41) is 0. The van der Waals surface area contributed by atoms with Gasteiger partial charge in [-0.15, -0.1) is 0 Å². The molecular weight excluding hydrogens is 372 g/mol. The Hall–Kier alpha value is -1.44. The number of nitrogens with two attached hydrogens (primary N) is 1. The molecule has 2 aromatic carbocycles. The highest BCUT2D eigenvalue weighted by Crippen LogP contribution is 2.25. The molecule has 7 heteroatoms. The van der Waals surface area contributed by atoms with Crippen LogP contribution in [0, 0.1) is 6.92 Å². The third-order valence-electron chi connectivity index (χ3n) is 2.87. The zero-order chi connectivity index (χ0) is 15.6. The van der Waals surface area contributed by atoms with Gasteiger partial charge in [0.15, 0.2) is 0 Å². The van der Waals surface area contributed by atoms with Crippen LogP contribution in [0.1, 0.15) is 11.1 Å². The predicted octanol–water partition coefficient (Wildman–Crippen LogP) is 3.19. The summed E-state index contributed by atoms with van der Waals surface area (Å²) in [5.74, 6) is 0. The molecule has 0 aliphatic heterocycles. The maximum absolute atomic E-state index is 12.5. The minimum Gasteiger partial charge on any atom is -0.389 e. The van der Waals surface area contributed by atoms with Crippen LogP contribution in [-0.2, 0) is 10.0 Å². The van der Waals surface area contributed by atoms with Crippen LogP contribution in [0.25, 0.3) is 0 Å². The number of benzene rings is 2. The van der Waals surface area contributed by atoms with Gasteiger partial charge >= 0.3 is 0 Å². The highest BCUT2D eigenvalue weighted by Gasteiger charge is 2.18. The molecule has 0 spiro atoms. The molecular formula is C14H13BrN2O2S2. The van der Waals surface area contributed by atoms with Gasteiger partial charge in [0, 0.05) is 10.0 Å². The van der Waals surface area contributed by atoms with E-state index in [0.29, 0.717) is 16.8 Å². The van der Waals surface area contributed by atoms with Crippen LogP contribution in [0.5, 0.6) is 0 Å². The van der Waals surface area contributed by atoms with Gasteiger partial charge in [0.25, 0.3) is 10.0 Å². The van der Waals surface area contributed by atoms with E-state index >= 15 is 0 Å². The Morgan fingerprint density at radius 3 is 2.52 bits per heavy atom. The fraction of sp³-hybridized carbons (Fsp3) is 0.0714. The number of halogens is 1. The second-order valence-corrected chi connectivity index (χ2v) is 7.43. The summed E-state index contributed by atoms with van der Waals surface area (Å²) < 4.78 is 28.3. The fourth-order valence-corrected chi connectivity index (χ4v) is 3.73. The van der Waals surface area contributed by atoms with Gasteiger partial charge in [0.05, 0.1) is 10.6 Å². The van der Waals surface area contributed by atoms with Crippen molar-refractivity contribution in [2.24, 2.45) is 5.73 Å². The van der Waals surface area contributed by atoms with Gasteiger partial charge in [0.1, 0.15) is 4.99 Å². The first-order valence-corrected chi connectivity index (χ1v) is 8.67. The summed E-state index contributed by atoms with van der Waals surface area (Å²) in [6, 6.07) is 11.8. The molecule has 0 atom stereocenters. The normalized spacial score (nSPS) is 11.1. The van der Waals surface area contributed by atoms with E-state index in [0.717, 1.165) is 4.47 Å². The van der Waals surface area contributed by atoms with Gasteiger partial charge in [0.2, 0.25) is 0 Å². The van der Waals surface area contributed by atoms with Crippen LogP contribution in [0.15, 0.2) is 51.8 Å². The van der Waals surface area contributed by atoms with E-state index in [1.807, 2.05) is 0 Å². The monoisotopic (exact) mass is 384 g/mol. The van der Waals surface area contributed by atoms with Crippen molar-refractivity contribution in [3.63, 3.8) is 0 Å². The Labute approximate surface area is 137 Å². The zero-order valence-corrected chi connectivity index (χ0v) is 14.3. The Balaban J connectivity index is 2.49. The molecule has 0 aliphatic rings. The SMILES string of the molecule is Cc1ccccc1S(=O)(=O)Nc1cc(Br)ccc1C(N)=S. The molecule has 0 heterocycles. The van der Waals surface area contributed by atoms with Crippen LogP contribution < -0.4 is 10.5 Å². The lowest BCUT2D eigenvalue weighted by Gasteiger charge is -2.13. The highest BCUT2D eigenvalue weighted by atomic mass is 79.9. The van der Waals surface area contributed by atoms with Gasteiger partial charge in [-0.1, -0.05) is 46.3 Å². The van der Waals surface area contributed by atoms with E-state index < -0.39 is 10.0 Å². The summed E-state index contributed by atoms with van der Waals surface area (Å²) in [7, 11) is -3.70. The summed E-state index contributed by atoms with van der Waals surface area (Å²) in [6.07, 6.45) is 0. The molecule has 110 valence electrons. The fourth-order valence-electron chi connectivity index (χ4n) is 1.87. The van der Waals surface area contributed by atoms with E-state index in [-0.39, 0.29) is 9.88 Å². The molecule has 0 aliphatic carbocycles. The second-order valence-electron chi connectivity index (χ2n) is 4.43. The van der Waals surface area contributed by atoms with Gasteiger partial charge in [-0.25, -0.2) is 8.42 Å². The molecule has 0 amide bonds. The Morgan fingerprint density at radius 2 is 1.90 bits per heavy atom. The summed E-state index contributed by atoms with van der Waals surface area (Å²) in [5.41, 5.74) is 7.12. The molecule has 4 nitrogen and oxygen atoms in total. The highest BCUT2D eigenvalue weighted by molar-refractivity contribution is 9.10. The standard InChI is InChI=1S/C14H13BrN2O2S2/c1-9-4-2-3-5-13(9)21(18,19)17-12-8-10(15)6-7-11(12)14(16)20/h2-8,17H,1H3,(H2,16,20). The first-order valence-electron chi connectivity index (χ1n) is 5.99. The van der Waals surface area contributed by atoms with Gasteiger partial charge in [-0.3, -0.25) is 4.72 Å². The molecule has 0 bridgehead atoms. The third-order valence-corrected chi connectivity index (χ3v) is 5.11. The minimum atomic E-state index is -3.70. The molecule has 0 fully saturated rings. The molecule has 0 radical (unpaired) electrons. The molecule has 0 aromatic heterocycles. The quantitative estimate of drug-likeness (QED) is 0.793. The van der Waals surface area contributed by atoms with Crippen LogP contribution in [0.2, 0.25) is 0 Å². The molecule has 0 unspecified atom stereocenters. The smallest absolute Gasteiger partial charge is 0.262 e. The summed E-state index contributed by atoms with van der Waals surface area (Å²) in [4.78, 5) is 0.351. The van der Waals surface area contributed by atoms with Crippen LogP contribution >= 0.6 is 28.1 Å². The first kappa shape index (κ1) is 15.9. The lowest BCUT2D eigenvalue weighted by Crippen LogP contribution is -2.18. The van der Waals surface area contributed by atoms with Crippen LogP contribution in [0.3, 0.4) is 0 Å². The number of aryl methyl sites for hydroxylation is 1. The lowest BCUT2D eigenvalue weighted by molar-refractivity contribution is 0.600. The van der Waals surface area contributed by atoms with Crippen molar-refractivity contribution in [1.29, 1.82) is 0 Å². The Bertz CT molecular complexity index is 804. The average molecular weight is 385 g/mol. The number of sulfonamides is 1. The van der Waals surface area contributed by atoms with Crippen LogP contribution in [-0.4, -0.2) is 13.4 Å². The van der Waals surface area contributed by atoms with E-state index in [2.05, 4.69) is 20.7 Å². The molecule has 21 heavy (non-hydrogen) atoms. The lowest BCUT2D eigenvalue weighted by atomic mass is 10.2. The number of hydrogen-bond acceptors (Lipinski definition) is 3. The van der Waals surface area contributed by atoms with Crippen molar-refractivity contribution >= 4 is 48.8 Å². The average Bonchev–Trinajstić information content (AvgIpc) is 2.38. The van der Waals surface area contributed by atoms with Gasteiger partial charge in [-0.05, 0) is 36.8 Å². The first-order chi connectivity index (χ1) is 9.81. The van der Waals surface area contributed by atoms with E-state index in [9.17, 15) is 8.42 Å². The molecule has 0 saturated heterocycles.